The predicted octanol–water partition coefficient (Wildman–Crippen LogP) is 4.59. The van der Waals surface area contributed by atoms with Crippen molar-refractivity contribution in [2.24, 2.45) is 5.14 Å². The highest BCUT2D eigenvalue weighted by Crippen LogP contribution is 2.41. The zero-order valence-corrected chi connectivity index (χ0v) is 14.3. The third kappa shape index (κ3) is 3.66. The summed E-state index contributed by atoms with van der Waals surface area (Å²) < 4.78 is 74.7. The zero-order valence-electron chi connectivity index (χ0n) is 13.5. The molecule has 2 N–H and O–H groups in total. The summed E-state index contributed by atoms with van der Waals surface area (Å²) >= 11 is 0. The van der Waals surface area contributed by atoms with Crippen LogP contribution in [0.15, 0.2) is 47.4 Å². The molecule has 0 heterocycles. The van der Waals surface area contributed by atoms with Crippen LogP contribution < -0.4 is 5.14 Å². The van der Waals surface area contributed by atoms with E-state index in [0.717, 1.165) is 35.3 Å². The first kappa shape index (κ1) is 18.6. The van der Waals surface area contributed by atoms with E-state index >= 15 is 0 Å². The van der Waals surface area contributed by atoms with Gasteiger partial charge in [0.2, 0.25) is 10.0 Å². The van der Waals surface area contributed by atoms with Crippen molar-refractivity contribution in [3.63, 3.8) is 0 Å². The molecule has 26 heavy (non-hydrogen) atoms. The molecular formula is C18H15F4NO2S. The highest BCUT2D eigenvalue weighted by Gasteiger charge is 2.34. The van der Waals surface area contributed by atoms with Gasteiger partial charge >= 0.3 is 6.18 Å². The van der Waals surface area contributed by atoms with E-state index in [2.05, 4.69) is 0 Å². The maximum absolute atomic E-state index is 13.9. The van der Waals surface area contributed by atoms with Crippen LogP contribution >= 0.6 is 0 Å². The molecule has 0 aliphatic heterocycles. The quantitative estimate of drug-likeness (QED) is 0.786. The van der Waals surface area contributed by atoms with Crippen LogP contribution in [0.2, 0.25) is 0 Å². The smallest absolute Gasteiger partial charge is 0.225 e. The van der Waals surface area contributed by atoms with Crippen LogP contribution in [-0.2, 0) is 16.2 Å². The Morgan fingerprint density at radius 1 is 0.885 bits per heavy atom. The van der Waals surface area contributed by atoms with E-state index in [4.69, 9.17) is 5.14 Å². The third-order valence-electron chi connectivity index (χ3n) is 4.37. The Labute approximate surface area is 148 Å². The Hall–Kier alpha value is -2.19. The van der Waals surface area contributed by atoms with Gasteiger partial charge in [-0.25, -0.2) is 17.9 Å². The number of halogens is 4. The van der Waals surface area contributed by atoms with Gasteiger partial charge in [0.25, 0.3) is 0 Å². The minimum atomic E-state index is -4.74. The van der Waals surface area contributed by atoms with Gasteiger partial charge in [0.1, 0.15) is 5.82 Å². The van der Waals surface area contributed by atoms with Gasteiger partial charge in [0.15, 0.2) is 0 Å². The molecule has 0 bridgehead atoms. The fourth-order valence-corrected chi connectivity index (χ4v) is 3.67. The van der Waals surface area contributed by atoms with Crippen molar-refractivity contribution in [2.75, 3.05) is 0 Å². The second-order valence-electron chi connectivity index (χ2n) is 6.07. The maximum atomic E-state index is 13.9. The summed E-state index contributed by atoms with van der Waals surface area (Å²) in [6, 6.07) is 8.87. The summed E-state index contributed by atoms with van der Waals surface area (Å²) in [6.45, 7) is 0. The number of hydrogen-bond acceptors (Lipinski definition) is 2. The number of benzene rings is 2. The van der Waals surface area contributed by atoms with E-state index in [1.807, 2.05) is 0 Å². The van der Waals surface area contributed by atoms with Crippen molar-refractivity contribution in [1.82, 2.24) is 0 Å². The first-order valence-corrected chi connectivity index (χ1v) is 9.34. The molecule has 0 spiro atoms. The van der Waals surface area contributed by atoms with Crippen LogP contribution in [0.3, 0.4) is 0 Å². The highest BCUT2D eigenvalue weighted by molar-refractivity contribution is 7.89. The second kappa shape index (κ2) is 6.51. The van der Waals surface area contributed by atoms with Gasteiger partial charge in [-0.2, -0.15) is 13.2 Å². The summed E-state index contributed by atoms with van der Waals surface area (Å²) in [5, 5.41) is 5.07. The van der Waals surface area contributed by atoms with Gasteiger partial charge in [-0.15, -0.1) is 0 Å². The lowest BCUT2D eigenvalue weighted by Gasteiger charge is -2.12. The Morgan fingerprint density at radius 3 is 1.92 bits per heavy atom. The lowest BCUT2D eigenvalue weighted by Crippen LogP contribution is -2.11. The van der Waals surface area contributed by atoms with E-state index < -0.39 is 27.6 Å². The molecule has 0 amide bonds. The Kier molecular flexibility index (Phi) is 4.66. The molecule has 3 rings (SSSR count). The lowest BCUT2D eigenvalue weighted by atomic mass is 9.96. The maximum Gasteiger partial charge on any atom is 0.419 e. The molecule has 8 heteroatoms. The lowest BCUT2D eigenvalue weighted by molar-refractivity contribution is -0.140. The van der Waals surface area contributed by atoms with Crippen molar-refractivity contribution in [2.45, 2.75) is 30.3 Å². The van der Waals surface area contributed by atoms with Crippen molar-refractivity contribution in [3.8, 4) is 0 Å². The molecule has 0 atom stereocenters. The fraction of sp³-hybridized carbons (Fsp3) is 0.222. The molecule has 0 saturated carbocycles. The predicted molar refractivity (Wildman–Crippen MR) is 89.9 cm³/mol. The number of nitrogens with two attached hydrogens (primary N) is 1. The van der Waals surface area contributed by atoms with Crippen LogP contribution in [0.25, 0.3) is 11.1 Å². The SMILES string of the molecule is NS(=O)(=O)c1ccc(C2=C(c3ccc(C(F)(F)F)c(F)c3)CCC2)cc1. The van der Waals surface area contributed by atoms with Gasteiger partial charge in [-0.3, -0.25) is 0 Å². The molecule has 0 aromatic heterocycles. The topological polar surface area (TPSA) is 60.2 Å². The summed E-state index contributed by atoms with van der Waals surface area (Å²) in [4.78, 5) is -0.0260. The van der Waals surface area contributed by atoms with E-state index in [1.165, 1.54) is 18.2 Å². The van der Waals surface area contributed by atoms with Crippen LogP contribution in [0, 0.1) is 5.82 Å². The summed E-state index contributed by atoms with van der Waals surface area (Å²) in [5.41, 5.74) is 1.48. The van der Waals surface area contributed by atoms with Crippen LogP contribution in [0.1, 0.15) is 36.0 Å². The molecule has 2 aromatic carbocycles. The van der Waals surface area contributed by atoms with Crippen molar-refractivity contribution < 1.29 is 26.0 Å². The third-order valence-corrected chi connectivity index (χ3v) is 5.30. The Morgan fingerprint density at radius 2 is 1.42 bits per heavy atom. The standard InChI is InChI=1S/C18H15F4NO2S/c19-17-10-12(6-9-16(17)18(20,21)22)15-3-1-2-14(15)11-4-7-13(8-5-11)26(23,24)25/h4-10H,1-3H2,(H2,23,24,25). The van der Waals surface area contributed by atoms with E-state index in [0.29, 0.717) is 18.4 Å². The molecular weight excluding hydrogens is 370 g/mol. The highest BCUT2D eigenvalue weighted by atomic mass is 32.2. The fourth-order valence-electron chi connectivity index (χ4n) is 3.16. The molecule has 0 radical (unpaired) electrons. The van der Waals surface area contributed by atoms with Crippen LogP contribution in [0.4, 0.5) is 17.6 Å². The van der Waals surface area contributed by atoms with Gasteiger partial charge in [0.05, 0.1) is 10.5 Å². The molecule has 3 nitrogen and oxygen atoms in total. The molecule has 2 aromatic rings. The molecule has 0 fully saturated rings. The minimum Gasteiger partial charge on any atom is -0.225 e. The van der Waals surface area contributed by atoms with E-state index in [9.17, 15) is 26.0 Å². The van der Waals surface area contributed by atoms with Gasteiger partial charge < -0.3 is 0 Å². The summed E-state index contributed by atoms with van der Waals surface area (Å²) in [5.74, 6) is -1.31. The molecule has 0 saturated heterocycles. The number of allylic oxidation sites excluding steroid dienone is 2. The van der Waals surface area contributed by atoms with Crippen molar-refractivity contribution >= 4 is 21.2 Å². The van der Waals surface area contributed by atoms with Gasteiger partial charge in [0, 0.05) is 0 Å². The normalized spacial score (nSPS) is 15.6. The Bertz CT molecular complexity index is 977. The van der Waals surface area contributed by atoms with Gasteiger partial charge in [-0.05, 0) is 65.8 Å². The van der Waals surface area contributed by atoms with Crippen LogP contribution in [0.5, 0.6) is 0 Å². The average molecular weight is 385 g/mol. The monoisotopic (exact) mass is 385 g/mol. The molecule has 1 aliphatic rings. The van der Waals surface area contributed by atoms with E-state index in [1.54, 1.807) is 12.1 Å². The van der Waals surface area contributed by atoms with E-state index in [-0.39, 0.29) is 4.90 Å². The first-order valence-electron chi connectivity index (χ1n) is 7.80. The molecule has 0 unspecified atom stereocenters. The number of hydrogen-bond donors (Lipinski definition) is 1. The van der Waals surface area contributed by atoms with Crippen molar-refractivity contribution in [1.29, 1.82) is 0 Å². The second-order valence-corrected chi connectivity index (χ2v) is 7.63. The summed E-state index contributed by atoms with van der Waals surface area (Å²) in [6.07, 6.45) is -2.67. The molecule has 1 aliphatic carbocycles. The van der Waals surface area contributed by atoms with Crippen LogP contribution in [-0.4, -0.2) is 8.42 Å². The number of sulfonamides is 1. The number of primary sulfonamides is 1. The molecule has 138 valence electrons. The summed E-state index contributed by atoms with van der Waals surface area (Å²) in [7, 11) is -3.81. The Balaban J connectivity index is 2.02. The average Bonchev–Trinajstić information content (AvgIpc) is 3.02. The van der Waals surface area contributed by atoms with Crippen molar-refractivity contribution in [3.05, 3.63) is 65.0 Å². The zero-order chi connectivity index (χ0) is 19.1. The van der Waals surface area contributed by atoms with Gasteiger partial charge in [-0.1, -0.05) is 18.2 Å². The largest absolute Gasteiger partial charge is 0.419 e. The minimum absolute atomic E-state index is 0.0260. The number of alkyl halides is 3. The number of rotatable bonds is 3. The first-order chi connectivity index (χ1) is 12.1.